The highest BCUT2D eigenvalue weighted by Crippen LogP contribution is 2.31. The summed E-state index contributed by atoms with van der Waals surface area (Å²) in [6, 6.07) is 10.9. The van der Waals surface area contributed by atoms with Crippen molar-refractivity contribution in [1.82, 2.24) is 4.98 Å². The van der Waals surface area contributed by atoms with E-state index in [1.807, 2.05) is 23.9 Å². The highest BCUT2D eigenvalue weighted by atomic mass is 35.5. The standard InChI is InChI=1S/C16H19ClN2S/c1-11-12(2)20-8-7-19(11)16-9-13(10-17)14-5-3-4-6-15(14)18-16/h3-6,9,11-12H,7-8,10H2,1-2H3. The first kappa shape index (κ1) is 14.0. The molecular weight excluding hydrogens is 288 g/mol. The molecule has 0 N–H and O–H groups in total. The van der Waals surface area contributed by atoms with Gasteiger partial charge in [0.15, 0.2) is 0 Å². The molecule has 3 rings (SSSR count). The largest absolute Gasteiger partial charge is 0.352 e. The van der Waals surface area contributed by atoms with Crippen LogP contribution in [0.3, 0.4) is 0 Å². The molecule has 1 aliphatic rings. The minimum Gasteiger partial charge on any atom is -0.352 e. The molecule has 4 heteroatoms. The molecule has 2 heterocycles. The van der Waals surface area contributed by atoms with E-state index in [1.54, 1.807) is 0 Å². The zero-order valence-corrected chi connectivity index (χ0v) is 13.4. The average Bonchev–Trinajstić information content (AvgIpc) is 2.49. The third kappa shape index (κ3) is 2.49. The van der Waals surface area contributed by atoms with Crippen molar-refractivity contribution in [2.75, 3.05) is 17.2 Å². The van der Waals surface area contributed by atoms with E-state index in [0.29, 0.717) is 17.2 Å². The van der Waals surface area contributed by atoms with E-state index in [4.69, 9.17) is 16.6 Å². The number of rotatable bonds is 2. The second kappa shape index (κ2) is 5.82. The topological polar surface area (TPSA) is 16.1 Å². The monoisotopic (exact) mass is 306 g/mol. The van der Waals surface area contributed by atoms with Gasteiger partial charge in [-0.2, -0.15) is 11.8 Å². The van der Waals surface area contributed by atoms with Gasteiger partial charge in [-0.25, -0.2) is 4.98 Å². The van der Waals surface area contributed by atoms with Crippen LogP contribution in [-0.2, 0) is 5.88 Å². The van der Waals surface area contributed by atoms with Gasteiger partial charge in [0.2, 0.25) is 0 Å². The Morgan fingerprint density at radius 3 is 2.95 bits per heavy atom. The van der Waals surface area contributed by atoms with E-state index >= 15 is 0 Å². The van der Waals surface area contributed by atoms with E-state index in [-0.39, 0.29) is 0 Å². The predicted octanol–water partition coefficient (Wildman–Crippen LogP) is 4.30. The number of aromatic nitrogens is 1. The van der Waals surface area contributed by atoms with Gasteiger partial charge in [0, 0.05) is 34.9 Å². The quantitative estimate of drug-likeness (QED) is 0.769. The zero-order chi connectivity index (χ0) is 14.1. The first-order chi connectivity index (χ1) is 9.70. The van der Waals surface area contributed by atoms with Crippen LogP contribution in [0.5, 0.6) is 0 Å². The lowest BCUT2D eigenvalue weighted by Crippen LogP contribution is -2.45. The summed E-state index contributed by atoms with van der Waals surface area (Å²) in [5.74, 6) is 2.76. The van der Waals surface area contributed by atoms with Crippen molar-refractivity contribution >= 4 is 40.1 Å². The molecule has 1 fully saturated rings. The smallest absolute Gasteiger partial charge is 0.129 e. The number of benzene rings is 1. The van der Waals surface area contributed by atoms with Gasteiger partial charge in [0.05, 0.1) is 5.52 Å². The summed E-state index contributed by atoms with van der Waals surface area (Å²) < 4.78 is 0. The molecule has 1 aliphatic heterocycles. The molecule has 2 aromatic rings. The number of anilines is 1. The van der Waals surface area contributed by atoms with E-state index in [1.165, 1.54) is 10.9 Å². The molecule has 1 aromatic heterocycles. The number of para-hydroxylation sites is 1. The Hall–Kier alpha value is -0.930. The molecule has 2 nitrogen and oxygen atoms in total. The molecule has 1 saturated heterocycles. The Morgan fingerprint density at radius 1 is 1.35 bits per heavy atom. The van der Waals surface area contributed by atoms with E-state index in [0.717, 1.165) is 23.6 Å². The van der Waals surface area contributed by atoms with Crippen LogP contribution in [0, 0.1) is 0 Å². The van der Waals surface area contributed by atoms with Crippen LogP contribution in [0.25, 0.3) is 10.9 Å². The summed E-state index contributed by atoms with van der Waals surface area (Å²) in [5.41, 5.74) is 2.21. The highest BCUT2D eigenvalue weighted by Gasteiger charge is 2.26. The second-order valence-corrected chi connectivity index (χ2v) is 7.05. The molecule has 2 atom stereocenters. The van der Waals surface area contributed by atoms with Crippen molar-refractivity contribution in [3.05, 3.63) is 35.9 Å². The third-order valence-electron chi connectivity index (χ3n) is 4.11. The molecule has 0 bridgehead atoms. The second-order valence-electron chi connectivity index (χ2n) is 5.30. The van der Waals surface area contributed by atoms with Crippen LogP contribution in [-0.4, -0.2) is 28.6 Å². The van der Waals surface area contributed by atoms with Crippen molar-refractivity contribution in [3.63, 3.8) is 0 Å². The maximum Gasteiger partial charge on any atom is 0.129 e. The summed E-state index contributed by atoms with van der Waals surface area (Å²) in [6.07, 6.45) is 0. The summed E-state index contributed by atoms with van der Waals surface area (Å²) in [4.78, 5) is 7.27. The lowest BCUT2D eigenvalue weighted by molar-refractivity contribution is 0.621. The predicted molar refractivity (Wildman–Crippen MR) is 90.0 cm³/mol. The average molecular weight is 307 g/mol. The van der Waals surface area contributed by atoms with Crippen LogP contribution < -0.4 is 4.90 Å². The minimum atomic E-state index is 0.505. The van der Waals surface area contributed by atoms with Gasteiger partial charge in [-0.15, -0.1) is 11.6 Å². The molecular formula is C16H19ClN2S. The Labute approximate surface area is 129 Å². The number of halogens is 1. The zero-order valence-electron chi connectivity index (χ0n) is 11.8. The molecule has 2 unspecified atom stereocenters. The van der Waals surface area contributed by atoms with Gasteiger partial charge in [0.1, 0.15) is 5.82 Å². The van der Waals surface area contributed by atoms with Gasteiger partial charge >= 0.3 is 0 Å². The first-order valence-electron chi connectivity index (χ1n) is 7.03. The van der Waals surface area contributed by atoms with Crippen LogP contribution in [0.4, 0.5) is 5.82 Å². The Bertz CT molecular complexity index is 616. The lowest BCUT2D eigenvalue weighted by atomic mass is 10.1. The first-order valence-corrected chi connectivity index (χ1v) is 8.62. The van der Waals surface area contributed by atoms with E-state index < -0.39 is 0 Å². The van der Waals surface area contributed by atoms with Crippen LogP contribution in [0.1, 0.15) is 19.4 Å². The molecule has 1 aromatic carbocycles. The van der Waals surface area contributed by atoms with Crippen molar-refractivity contribution in [1.29, 1.82) is 0 Å². The summed E-state index contributed by atoms with van der Waals surface area (Å²) in [5, 5.41) is 1.80. The Morgan fingerprint density at radius 2 is 2.15 bits per heavy atom. The van der Waals surface area contributed by atoms with E-state index in [9.17, 15) is 0 Å². The molecule has 20 heavy (non-hydrogen) atoms. The molecule has 106 valence electrons. The number of hydrogen-bond donors (Lipinski definition) is 0. The number of fused-ring (bicyclic) bond motifs is 1. The fourth-order valence-electron chi connectivity index (χ4n) is 2.75. The Kier molecular flexibility index (Phi) is 4.08. The van der Waals surface area contributed by atoms with Crippen molar-refractivity contribution in [3.8, 4) is 0 Å². The minimum absolute atomic E-state index is 0.505. The maximum atomic E-state index is 6.13. The van der Waals surface area contributed by atoms with Crippen LogP contribution >= 0.6 is 23.4 Å². The van der Waals surface area contributed by atoms with Crippen molar-refractivity contribution in [2.24, 2.45) is 0 Å². The van der Waals surface area contributed by atoms with Crippen molar-refractivity contribution in [2.45, 2.75) is 31.0 Å². The normalized spacial score (nSPS) is 23.2. The van der Waals surface area contributed by atoms with Gasteiger partial charge < -0.3 is 4.90 Å². The molecule has 0 radical (unpaired) electrons. The fourth-order valence-corrected chi connectivity index (χ4v) is 4.07. The molecule has 0 saturated carbocycles. The molecule has 0 spiro atoms. The highest BCUT2D eigenvalue weighted by molar-refractivity contribution is 8.00. The summed E-state index contributed by atoms with van der Waals surface area (Å²) >= 11 is 8.17. The van der Waals surface area contributed by atoms with Gasteiger partial charge in [-0.1, -0.05) is 25.1 Å². The number of hydrogen-bond acceptors (Lipinski definition) is 3. The van der Waals surface area contributed by atoms with Crippen LogP contribution in [0.2, 0.25) is 0 Å². The number of thioether (sulfide) groups is 1. The third-order valence-corrected chi connectivity index (χ3v) is 5.74. The number of nitrogens with zero attached hydrogens (tertiary/aromatic N) is 2. The Balaban J connectivity index is 2.07. The van der Waals surface area contributed by atoms with Gasteiger partial charge in [-0.3, -0.25) is 0 Å². The molecule has 0 aliphatic carbocycles. The summed E-state index contributed by atoms with van der Waals surface area (Å²) in [6.45, 7) is 5.64. The van der Waals surface area contributed by atoms with E-state index in [2.05, 4.69) is 36.9 Å². The summed E-state index contributed by atoms with van der Waals surface area (Å²) in [7, 11) is 0. The lowest BCUT2D eigenvalue weighted by Gasteiger charge is -2.38. The van der Waals surface area contributed by atoms with Crippen LogP contribution in [0.15, 0.2) is 30.3 Å². The molecule has 0 amide bonds. The SMILES string of the molecule is CC1SCCN(c2cc(CCl)c3ccccc3n2)C1C. The van der Waals surface area contributed by atoms with Gasteiger partial charge in [0.25, 0.3) is 0 Å². The number of alkyl halides is 1. The maximum absolute atomic E-state index is 6.13. The van der Waals surface area contributed by atoms with Crippen molar-refractivity contribution < 1.29 is 0 Å². The van der Waals surface area contributed by atoms with Gasteiger partial charge in [-0.05, 0) is 24.6 Å². The number of pyridine rings is 1. The fraction of sp³-hybridized carbons (Fsp3) is 0.438.